The molecule has 4 aromatic carbocycles. The van der Waals surface area contributed by atoms with Crippen molar-refractivity contribution in [2.24, 2.45) is 0 Å². The van der Waals surface area contributed by atoms with Crippen LogP contribution in [-0.4, -0.2) is 0 Å². The average molecular weight is 336 g/mol. The van der Waals surface area contributed by atoms with E-state index < -0.39 is 0 Å². The highest BCUT2D eigenvalue weighted by atomic mass is 14.3. The molecule has 0 aliphatic carbocycles. The van der Waals surface area contributed by atoms with Crippen LogP contribution in [0.3, 0.4) is 0 Å². The summed E-state index contributed by atoms with van der Waals surface area (Å²) in [5, 5.41) is 2.67. The molecule has 0 aliphatic rings. The van der Waals surface area contributed by atoms with Gasteiger partial charge >= 0.3 is 0 Å². The van der Waals surface area contributed by atoms with Gasteiger partial charge in [-0.2, -0.15) is 0 Å². The first-order valence-electron chi connectivity index (χ1n) is 9.23. The largest absolute Gasteiger partial charge is 0.0622 e. The Bertz CT molecular complexity index is 1040. The van der Waals surface area contributed by atoms with E-state index in [0.29, 0.717) is 0 Å². The molecule has 4 rings (SSSR count). The van der Waals surface area contributed by atoms with Gasteiger partial charge in [-0.1, -0.05) is 106 Å². The number of hydrogen-bond donors (Lipinski definition) is 0. The minimum Gasteiger partial charge on any atom is -0.0622 e. The fourth-order valence-electron chi connectivity index (χ4n) is 3.89. The molecule has 0 radical (unpaired) electrons. The van der Waals surface area contributed by atoms with Crippen molar-refractivity contribution in [3.05, 3.63) is 96.6 Å². The van der Waals surface area contributed by atoms with Crippen molar-refractivity contribution in [3.63, 3.8) is 0 Å². The molecule has 0 heterocycles. The molecule has 0 unspecified atom stereocenters. The third kappa shape index (κ3) is 2.93. The van der Waals surface area contributed by atoms with Gasteiger partial charge in [0.25, 0.3) is 0 Å². The van der Waals surface area contributed by atoms with Crippen molar-refractivity contribution in [2.75, 3.05) is 0 Å². The summed E-state index contributed by atoms with van der Waals surface area (Å²) in [5.74, 6) is 0. The van der Waals surface area contributed by atoms with Crippen molar-refractivity contribution >= 4 is 10.8 Å². The predicted molar refractivity (Wildman–Crippen MR) is 114 cm³/mol. The highest BCUT2D eigenvalue weighted by Crippen LogP contribution is 2.42. The summed E-state index contributed by atoms with van der Waals surface area (Å²) in [5.41, 5.74) is 6.64. The Labute approximate surface area is 156 Å². The van der Waals surface area contributed by atoms with Gasteiger partial charge in [-0.3, -0.25) is 0 Å². The molecule has 26 heavy (non-hydrogen) atoms. The lowest BCUT2D eigenvalue weighted by Gasteiger charge is -2.27. The molecule has 0 saturated carbocycles. The Kier molecular flexibility index (Phi) is 4.12. The van der Waals surface area contributed by atoms with Crippen LogP contribution in [0.2, 0.25) is 0 Å². The van der Waals surface area contributed by atoms with E-state index in [2.05, 4.69) is 112 Å². The second-order valence-electron chi connectivity index (χ2n) is 7.87. The fraction of sp³-hybridized carbons (Fsp3) is 0.154. The zero-order valence-electron chi connectivity index (χ0n) is 15.7. The van der Waals surface area contributed by atoms with Gasteiger partial charge in [0.05, 0.1) is 0 Å². The number of rotatable bonds is 2. The molecule has 0 nitrogen and oxygen atoms in total. The molecule has 128 valence electrons. The molecule has 0 N–H and O–H groups in total. The van der Waals surface area contributed by atoms with E-state index in [0.717, 1.165) is 0 Å². The minimum absolute atomic E-state index is 0.0556. The molecule has 0 heteroatoms. The Balaban J connectivity index is 2.15. The predicted octanol–water partition coefficient (Wildman–Crippen LogP) is 7.47. The molecule has 0 aliphatic heterocycles. The Morgan fingerprint density at radius 1 is 0.500 bits per heavy atom. The van der Waals surface area contributed by atoms with E-state index in [-0.39, 0.29) is 5.41 Å². The Morgan fingerprint density at radius 2 is 0.962 bits per heavy atom. The Hall–Kier alpha value is -2.86. The number of fused-ring (bicyclic) bond motifs is 1. The summed E-state index contributed by atoms with van der Waals surface area (Å²) >= 11 is 0. The van der Waals surface area contributed by atoms with Crippen LogP contribution in [0.4, 0.5) is 0 Å². The summed E-state index contributed by atoms with van der Waals surface area (Å²) in [4.78, 5) is 0. The summed E-state index contributed by atoms with van der Waals surface area (Å²) in [6.45, 7) is 6.93. The first-order chi connectivity index (χ1) is 12.6. The van der Waals surface area contributed by atoms with E-state index in [9.17, 15) is 0 Å². The number of benzene rings is 4. The molecule has 0 saturated heterocycles. The third-order valence-electron chi connectivity index (χ3n) is 4.96. The topological polar surface area (TPSA) is 0 Å². The van der Waals surface area contributed by atoms with Gasteiger partial charge in [0.15, 0.2) is 0 Å². The summed E-state index contributed by atoms with van der Waals surface area (Å²) in [6, 6.07) is 32.7. The normalized spacial score (nSPS) is 11.7. The van der Waals surface area contributed by atoms with Crippen LogP contribution in [0.1, 0.15) is 26.3 Å². The summed E-state index contributed by atoms with van der Waals surface area (Å²) in [7, 11) is 0. The standard InChI is InChI=1S/C26H24/c1-26(2,3)25-22-17-11-10-16-21(22)23(19-12-6-4-7-13-19)18-24(25)20-14-8-5-9-15-20/h4-18H,1-3H3. The molecular formula is C26H24. The first-order valence-corrected chi connectivity index (χ1v) is 9.23. The molecule has 0 fully saturated rings. The van der Waals surface area contributed by atoms with Crippen LogP contribution >= 0.6 is 0 Å². The van der Waals surface area contributed by atoms with E-state index in [1.165, 1.54) is 38.6 Å². The fourth-order valence-corrected chi connectivity index (χ4v) is 3.89. The van der Waals surface area contributed by atoms with Crippen LogP contribution in [0.15, 0.2) is 91.0 Å². The molecule has 0 atom stereocenters. The monoisotopic (exact) mass is 336 g/mol. The zero-order valence-corrected chi connectivity index (χ0v) is 15.7. The second kappa shape index (κ2) is 6.46. The van der Waals surface area contributed by atoms with E-state index in [1.54, 1.807) is 0 Å². The SMILES string of the molecule is CC(C)(C)c1c(-c2ccccc2)cc(-c2ccccc2)c2ccccc12. The van der Waals surface area contributed by atoms with E-state index in [1.807, 2.05) is 0 Å². The van der Waals surface area contributed by atoms with E-state index in [4.69, 9.17) is 0 Å². The quantitative estimate of drug-likeness (QED) is 0.356. The highest BCUT2D eigenvalue weighted by molar-refractivity contribution is 6.03. The van der Waals surface area contributed by atoms with Gasteiger partial charge in [-0.25, -0.2) is 0 Å². The molecule has 0 amide bonds. The van der Waals surface area contributed by atoms with Crippen LogP contribution in [0, 0.1) is 0 Å². The molecule has 4 aromatic rings. The molecule has 0 aromatic heterocycles. The van der Waals surface area contributed by atoms with Crippen molar-refractivity contribution in [1.29, 1.82) is 0 Å². The van der Waals surface area contributed by atoms with Gasteiger partial charge in [-0.05, 0) is 50.1 Å². The van der Waals surface area contributed by atoms with Crippen molar-refractivity contribution in [1.82, 2.24) is 0 Å². The first kappa shape index (κ1) is 16.6. The van der Waals surface area contributed by atoms with Gasteiger partial charge in [0, 0.05) is 0 Å². The molecular weight excluding hydrogens is 312 g/mol. The zero-order chi connectivity index (χ0) is 18.1. The summed E-state index contributed by atoms with van der Waals surface area (Å²) in [6.07, 6.45) is 0. The Morgan fingerprint density at radius 3 is 1.50 bits per heavy atom. The maximum absolute atomic E-state index is 2.38. The second-order valence-corrected chi connectivity index (χ2v) is 7.87. The lowest BCUT2D eigenvalue weighted by Crippen LogP contribution is -2.14. The third-order valence-corrected chi connectivity index (χ3v) is 4.96. The smallest absolute Gasteiger partial charge is 0.00990 e. The van der Waals surface area contributed by atoms with Crippen LogP contribution in [-0.2, 0) is 5.41 Å². The lowest BCUT2D eigenvalue weighted by atomic mass is 9.77. The van der Waals surface area contributed by atoms with Gasteiger partial charge < -0.3 is 0 Å². The maximum Gasteiger partial charge on any atom is -0.00990 e. The number of hydrogen-bond acceptors (Lipinski definition) is 0. The van der Waals surface area contributed by atoms with Crippen LogP contribution in [0.25, 0.3) is 33.0 Å². The van der Waals surface area contributed by atoms with Gasteiger partial charge in [-0.15, -0.1) is 0 Å². The van der Waals surface area contributed by atoms with E-state index >= 15 is 0 Å². The molecule has 0 spiro atoms. The molecule has 0 bridgehead atoms. The average Bonchev–Trinajstić information content (AvgIpc) is 2.67. The minimum atomic E-state index is 0.0556. The lowest BCUT2D eigenvalue weighted by molar-refractivity contribution is 0.597. The highest BCUT2D eigenvalue weighted by Gasteiger charge is 2.23. The van der Waals surface area contributed by atoms with Crippen LogP contribution in [0.5, 0.6) is 0 Å². The van der Waals surface area contributed by atoms with Gasteiger partial charge in [0.1, 0.15) is 0 Å². The van der Waals surface area contributed by atoms with Crippen molar-refractivity contribution in [3.8, 4) is 22.3 Å². The van der Waals surface area contributed by atoms with Crippen molar-refractivity contribution < 1.29 is 0 Å². The summed E-state index contributed by atoms with van der Waals surface area (Å²) < 4.78 is 0. The van der Waals surface area contributed by atoms with Crippen LogP contribution < -0.4 is 0 Å². The van der Waals surface area contributed by atoms with Gasteiger partial charge in [0.2, 0.25) is 0 Å². The maximum atomic E-state index is 2.38. The van der Waals surface area contributed by atoms with Crippen molar-refractivity contribution in [2.45, 2.75) is 26.2 Å².